The van der Waals surface area contributed by atoms with Gasteiger partial charge < -0.3 is 0 Å². The highest BCUT2D eigenvalue weighted by Crippen LogP contribution is 2.46. The van der Waals surface area contributed by atoms with Crippen molar-refractivity contribution in [3.8, 4) is 24.4 Å². The first-order chi connectivity index (χ1) is 31.5. The van der Waals surface area contributed by atoms with E-state index in [2.05, 4.69) is 24.4 Å². The van der Waals surface area contributed by atoms with E-state index in [-0.39, 0.29) is 51.4 Å². The van der Waals surface area contributed by atoms with Crippen LogP contribution in [0.2, 0.25) is 0 Å². The maximum absolute atomic E-state index is 11.5. The van der Waals surface area contributed by atoms with E-state index >= 15 is 0 Å². The van der Waals surface area contributed by atoms with E-state index in [1.807, 2.05) is 109 Å². The summed E-state index contributed by atoms with van der Waals surface area (Å²) >= 11 is 0. The van der Waals surface area contributed by atoms with Gasteiger partial charge in [-0.25, -0.2) is 39.8 Å². The summed E-state index contributed by atoms with van der Waals surface area (Å²) in [7, 11) is 0. The predicted octanol–water partition coefficient (Wildman–Crippen LogP) is 8.90. The van der Waals surface area contributed by atoms with E-state index in [0.29, 0.717) is 55.8 Å². The minimum absolute atomic E-state index is 0.0225. The Morgan fingerprint density at radius 1 is 0.406 bits per heavy atom. The van der Waals surface area contributed by atoms with Gasteiger partial charge in [0.05, 0.1) is 11.1 Å². The number of hydrogen-bond acceptors (Lipinski definition) is 12. The molecule has 0 radical (unpaired) electrons. The summed E-state index contributed by atoms with van der Waals surface area (Å²) in [6, 6.07) is 49.6. The number of benzene rings is 8. The van der Waals surface area contributed by atoms with Gasteiger partial charge in [0.2, 0.25) is 0 Å². The van der Waals surface area contributed by atoms with Crippen molar-refractivity contribution in [3.05, 3.63) is 189 Å². The molecule has 64 heavy (non-hydrogen) atoms. The average molecular weight is 815 g/mol. The lowest BCUT2D eigenvalue weighted by molar-refractivity contribution is 0.629. The Labute approximate surface area is 362 Å². The van der Waals surface area contributed by atoms with Gasteiger partial charge in [0.1, 0.15) is 18.2 Å². The van der Waals surface area contributed by atoms with Gasteiger partial charge in [0.15, 0.2) is 47.0 Å². The van der Waals surface area contributed by atoms with Crippen LogP contribution in [0.25, 0.3) is 43.1 Å². The fourth-order valence-electron chi connectivity index (χ4n) is 9.50. The van der Waals surface area contributed by atoms with Crippen molar-refractivity contribution in [1.82, 2.24) is 4.90 Å². The molecule has 0 aliphatic carbocycles. The summed E-state index contributed by atoms with van der Waals surface area (Å²) in [5.41, 5.74) is 2.21. The molecule has 1 atom stereocenters. The van der Waals surface area contributed by atoms with E-state index in [4.69, 9.17) is 34.9 Å². The average Bonchev–Trinajstić information content (AvgIpc) is 4.05. The van der Waals surface area contributed by atoms with Crippen molar-refractivity contribution in [2.75, 3.05) is 0 Å². The number of fused-ring (bicyclic) bond motifs is 20. The number of nitriles is 4. The van der Waals surface area contributed by atoms with E-state index in [1.165, 1.54) is 4.90 Å². The molecule has 8 bridgehead atoms. The molecule has 5 aliphatic rings. The first-order valence-corrected chi connectivity index (χ1v) is 20.2. The summed E-state index contributed by atoms with van der Waals surface area (Å²) in [6.07, 6.45) is 2.39. The van der Waals surface area contributed by atoms with Crippen LogP contribution in [0.5, 0.6) is 0 Å². The Hall–Kier alpha value is -9.75. The Morgan fingerprint density at radius 2 is 0.781 bits per heavy atom. The van der Waals surface area contributed by atoms with Crippen LogP contribution in [-0.4, -0.2) is 45.7 Å². The molecule has 8 aromatic rings. The summed E-state index contributed by atoms with van der Waals surface area (Å²) in [5, 5.41) is 51.1. The van der Waals surface area contributed by atoms with Crippen molar-refractivity contribution in [1.29, 1.82) is 21.0 Å². The molecule has 0 fully saturated rings. The normalized spacial score (nSPS) is 17.4. The SMILES string of the molecule is N#Cc1c2c(c(C#N)c3ccccc13)C1(C#N)N=C3N=C(N=C4N=C(c5cc6ccccc6cc54)N(C#N)C4=NC(=NC2=N1)c1cc2ccccc2cc14)c1cc2ccccc2cc13. The molecule has 13 rings (SSSR count). The Bertz CT molecular complexity index is 4020. The van der Waals surface area contributed by atoms with Gasteiger partial charge in [-0.3, -0.25) is 0 Å². The van der Waals surface area contributed by atoms with Crippen LogP contribution in [0.1, 0.15) is 55.6 Å². The molecule has 0 amide bonds. The number of hydrogen-bond donors (Lipinski definition) is 0. The highest BCUT2D eigenvalue weighted by Gasteiger charge is 2.47. The fraction of sp³-hybridized carbons (Fsp3) is 0.0192. The van der Waals surface area contributed by atoms with Crippen LogP contribution in [-0.2, 0) is 5.66 Å². The molecule has 0 N–H and O–H groups in total. The number of aliphatic imine (C=N–C) groups is 7. The Kier molecular flexibility index (Phi) is 6.92. The zero-order valence-electron chi connectivity index (χ0n) is 33.1. The van der Waals surface area contributed by atoms with Crippen LogP contribution in [0.3, 0.4) is 0 Å². The van der Waals surface area contributed by atoms with Crippen LogP contribution >= 0.6 is 0 Å². The molecular weight excluding hydrogens is 793 g/mol. The van der Waals surface area contributed by atoms with Gasteiger partial charge >= 0.3 is 0 Å². The van der Waals surface area contributed by atoms with Gasteiger partial charge in [-0.1, -0.05) is 97.1 Å². The summed E-state index contributed by atoms with van der Waals surface area (Å²) in [5.74, 6) is 1.45. The quantitative estimate of drug-likeness (QED) is 0.138. The Balaban J connectivity index is 1.20. The molecule has 0 saturated heterocycles. The van der Waals surface area contributed by atoms with Crippen LogP contribution < -0.4 is 0 Å². The van der Waals surface area contributed by atoms with Crippen LogP contribution in [0, 0.1) is 45.4 Å². The van der Waals surface area contributed by atoms with E-state index < -0.39 is 5.66 Å². The van der Waals surface area contributed by atoms with Gasteiger partial charge in [0.25, 0.3) is 5.66 Å². The van der Waals surface area contributed by atoms with E-state index in [9.17, 15) is 21.0 Å². The summed E-state index contributed by atoms with van der Waals surface area (Å²) in [4.78, 5) is 37.1. The standard InChI is InChI=1S/C52H22N12/c53-23-41-33-15-7-8-16-34(33)42(24-54)44-43(41)49-59-47-38-20-30-12-4-6-14-32(30)22-40(38)51(61-47)64(26-56)50-39-21-31-13-5-3-11-29(31)19-37(39)46(60-50)57-45-35-17-27-9-1-2-10-28(27)18-36(35)48(58-45)62-52(44,25-55)63-49/h1-22H. The first kappa shape index (κ1) is 35.0. The number of amidine groups is 7. The molecule has 5 heterocycles. The second kappa shape index (κ2) is 12.6. The van der Waals surface area contributed by atoms with Gasteiger partial charge in [-0.15, -0.1) is 0 Å². The van der Waals surface area contributed by atoms with Gasteiger partial charge in [-0.2, -0.15) is 21.0 Å². The molecule has 0 saturated carbocycles. The monoisotopic (exact) mass is 814 g/mol. The minimum Gasteiger partial charge on any atom is -0.217 e. The molecule has 0 spiro atoms. The third-order valence-electron chi connectivity index (χ3n) is 12.4. The molecule has 5 aliphatic heterocycles. The predicted molar refractivity (Wildman–Crippen MR) is 246 cm³/mol. The van der Waals surface area contributed by atoms with Gasteiger partial charge in [-0.05, 0) is 68.7 Å². The molecule has 12 heteroatoms. The van der Waals surface area contributed by atoms with E-state index in [1.54, 1.807) is 24.3 Å². The third-order valence-corrected chi connectivity index (χ3v) is 12.4. The van der Waals surface area contributed by atoms with E-state index in [0.717, 1.165) is 32.3 Å². The Morgan fingerprint density at radius 3 is 1.25 bits per heavy atom. The minimum atomic E-state index is -2.14. The lowest BCUT2D eigenvalue weighted by Crippen LogP contribution is -2.32. The van der Waals surface area contributed by atoms with Crippen molar-refractivity contribution >= 4 is 83.9 Å². The number of nitrogens with zero attached hydrogens (tertiary/aromatic N) is 12. The molecule has 0 aromatic heterocycles. The molecule has 1 unspecified atom stereocenters. The van der Waals surface area contributed by atoms with Gasteiger partial charge in [0, 0.05) is 55.3 Å². The second-order valence-corrected chi connectivity index (χ2v) is 15.8. The van der Waals surface area contributed by atoms with Crippen molar-refractivity contribution < 1.29 is 0 Å². The molecule has 290 valence electrons. The smallest absolute Gasteiger partial charge is 0.217 e. The maximum Gasteiger partial charge on any atom is 0.269 e. The zero-order valence-corrected chi connectivity index (χ0v) is 33.1. The summed E-state index contributed by atoms with van der Waals surface area (Å²) < 4.78 is 0. The van der Waals surface area contributed by atoms with Crippen LogP contribution in [0.15, 0.2) is 168 Å². The summed E-state index contributed by atoms with van der Waals surface area (Å²) in [6.45, 7) is 0. The van der Waals surface area contributed by atoms with Crippen molar-refractivity contribution in [2.45, 2.75) is 5.66 Å². The van der Waals surface area contributed by atoms with Crippen LogP contribution in [0.4, 0.5) is 0 Å². The van der Waals surface area contributed by atoms with Crippen molar-refractivity contribution in [2.24, 2.45) is 34.9 Å². The highest BCUT2D eigenvalue weighted by atomic mass is 15.3. The lowest BCUT2D eigenvalue weighted by Gasteiger charge is -2.18. The highest BCUT2D eigenvalue weighted by molar-refractivity contribution is 6.36. The lowest BCUT2D eigenvalue weighted by atomic mass is 9.86. The topological polar surface area (TPSA) is 185 Å². The van der Waals surface area contributed by atoms with Crippen molar-refractivity contribution in [3.63, 3.8) is 0 Å². The maximum atomic E-state index is 11.5. The largest absolute Gasteiger partial charge is 0.269 e. The zero-order chi connectivity index (χ0) is 42.8. The first-order valence-electron chi connectivity index (χ1n) is 20.2. The third kappa shape index (κ3) is 4.68. The molecule has 8 aromatic carbocycles. The number of rotatable bonds is 0. The molecular formula is C52H22N12. The fourth-order valence-corrected chi connectivity index (χ4v) is 9.50. The second-order valence-electron chi connectivity index (χ2n) is 15.8. The molecule has 12 nitrogen and oxygen atoms in total.